The number of carbonyl (C=O) groups excluding carboxylic acids is 1. The molecule has 2 heterocycles. The van der Waals surface area contributed by atoms with E-state index in [1.54, 1.807) is 14.1 Å². The van der Waals surface area contributed by atoms with Gasteiger partial charge in [-0.15, -0.1) is 21.5 Å². The van der Waals surface area contributed by atoms with Crippen molar-refractivity contribution in [3.8, 4) is 10.8 Å². The highest BCUT2D eigenvalue weighted by molar-refractivity contribution is 8.00. The van der Waals surface area contributed by atoms with Crippen molar-refractivity contribution < 1.29 is 9.21 Å². The molecule has 0 N–H and O–H groups in total. The zero-order valence-electron chi connectivity index (χ0n) is 12.7. The molecule has 0 aliphatic heterocycles. The van der Waals surface area contributed by atoms with Gasteiger partial charge in [0, 0.05) is 24.2 Å². The van der Waals surface area contributed by atoms with Gasteiger partial charge in [0.2, 0.25) is 5.91 Å². The standard InChI is InChI=1S/C15H14ClN3O2S2/c1-8(14(20)19(2)3)22-15-18-17-13(21-15)12-11(16)9-6-4-5-7-10(9)23-12/h4-8H,1-3H3/t8-/m1/s1. The monoisotopic (exact) mass is 367 g/mol. The second-order valence-corrected chi connectivity index (χ2v) is 7.83. The number of thioether (sulfide) groups is 1. The highest BCUT2D eigenvalue weighted by Crippen LogP contribution is 2.41. The molecule has 1 amide bonds. The van der Waals surface area contributed by atoms with Gasteiger partial charge in [0.05, 0.1) is 10.3 Å². The molecule has 3 aromatic rings. The van der Waals surface area contributed by atoms with Crippen molar-refractivity contribution in [2.75, 3.05) is 14.1 Å². The number of aromatic nitrogens is 2. The number of halogens is 1. The molecule has 1 atom stereocenters. The fourth-order valence-electron chi connectivity index (χ4n) is 2.07. The number of carbonyl (C=O) groups is 1. The maximum atomic E-state index is 11.9. The Morgan fingerprint density at radius 2 is 2.09 bits per heavy atom. The lowest BCUT2D eigenvalue weighted by atomic mass is 10.2. The van der Waals surface area contributed by atoms with Gasteiger partial charge < -0.3 is 9.32 Å². The molecule has 23 heavy (non-hydrogen) atoms. The average molecular weight is 368 g/mol. The van der Waals surface area contributed by atoms with E-state index >= 15 is 0 Å². The summed E-state index contributed by atoms with van der Waals surface area (Å²) in [6.45, 7) is 1.81. The molecule has 120 valence electrons. The molecule has 3 rings (SSSR count). The van der Waals surface area contributed by atoms with E-state index in [1.165, 1.54) is 28.0 Å². The van der Waals surface area contributed by atoms with Crippen LogP contribution in [0.5, 0.6) is 0 Å². The van der Waals surface area contributed by atoms with E-state index in [1.807, 2.05) is 31.2 Å². The lowest BCUT2D eigenvalue weighted by Gasteiger charge is -2.14. The van der Waals surface area contributed by atoms with Crippen LogP contribution >= 0.6 is 34.7 Å². The first-order valence-electron chi connectivity index (χ1n) is 6.86. The van der Waals surface area contributed by atoms with Crippen LogP contribution in [-0.2, 0) is 4.79 Å². The lowest BCUT2D eigenvalue weighted by Crippen LogP contribution is -2.29. The van der Waals surface area contributed by atoms with Crippen LogP contribution in [0, 0.1) is 0 Å². The summed E-state index contributed by atoms with van der Waals surface area (Å²) in [6.07, 6.45) is 0. The Labute approximate surface area is 146 Å². The SMILES string of the molecule is C[C@@H](Sc1nnc(-c2sc3ccccc3c2Cl)o1)C(=O)N(C)C. The predicted molar refractivity (Wildman–Crippen MR) is 94.1 cm³/mol. The van der Waals surface area contributed by atoms with Crippen molar-refractivity contribution in [3.05, 3.63) is 29.3 Å². The van der Waals surface area contributed by atoms with Crippen LogP contribution in [0.2, 0.25) is 5.02 Å². The first-order chi connectivity index (χ1) is 11.0. The number of nitrogens with zero attached hydrogens (tertiary/aromatic N) is 3. The maximum absolute atomic E-state index is 11.9. The van der Waals surface area contributed by atoms with Crippen molar-refractivity contribution in [1.29, 1.82) is 0 Å². The van der Waals surface area contributed by atoms with Gasteiger partial charge in [-0.05, 0) is 13.0 Å². The molecule has 0 aliphatic rings. The van der Waals surface area contributed by atoms with Crippen LogP contribution in [0.15, 0.2) is 33.9 Å². The van der Waals surface area contributed by atoms with Gasteiger partial charge in [0.15, 0.2) is 0 Å². The van der Waals surface area contributed by atoms with Crippen LogP contribution in [0.25, 0.3) is 20.9 Å². The normalized spacial score (nSPS) is 12.5. The quantitative estimate of drug-likeness (QED) is 0.647. The van der Waals surface area contributed by atoms with Crippen LogP contribution in [0.3, 0.4) is 0 Å². The Balaban J connectivity index is 1.86. The molecular weight excluding hydrogens is 354 g/mol. The zero-order chi connectivity index (χ0) is 16.6. The fraction of sp³-hybridized carbons (Fsp3) is 0.267. The summed E-state index contributed by atoms with van der Waals surface area (Å²) in [5.41, 5.74) is 0. The van der Waals surface area contributed by atoms with Crippen molar-refractivity contribution in [2.24, 2.45) is 0 Å². The van der Waals surface area contributed by atoms with Gasteiger partial charge in [-0.25, -0.2) is 0 Å². The molecule has 1 aromatic carbocycles. The summed E-state index contributed by atoms with van der Waals surface area (Å²) >= 11 is 9.16. The molecule has 0 spiro atoms. The number of amides is 1. The number of fused-ring (bicyclic) bond motifs is 1. The number of thiophene rings is 1. The first-order valence-corrected chi connectivity index (χ1v) is 8.93. The number of benzene rings is 1. The van der Waals surface area contributed by atoms with Crippen LogP contribution < -0.4 is 0 Å². The summed E-state index contributed by atoms with van der Waals surface area (Å²) in [4.78, 5) is 14.2. The largest absolute Gasteiger partial charge is 0.410 e. The van der Waals surface area contributed by atoms with Gasteiger partial charge in [-0.3, -0.25) is 4.79 Å². The van der Waals surface area contributed by atoms with Crippen molar-refractivity contribution in [3.63, 3.8) is 0 Å². The minimum Gasteiger partial charge on any atom is -0.410 e. The predicted octanol–water partition coefficient (Wildman–Crippen LogP) is 4.17. The third-order valence-corrected chi connectivity index (χ3v) is 5.79. The summed E-state index contributed by atoms with van der Waals surface area (Å²) in [5, 5.41) is 9.72. The van der Waals surface area contributed by atoms with Crippen LogP contribution in [0.4, 0.5) is 0 Å². The molecule has 0 radical (unpaired) electrons. The Hall–Kier alpha value is -1.57. The third-order valence-electron chi connectivity index (χ3n) is 3.20. The van der Waals surface area contributed by atoms with Crippen molar-refractivity contribution in [1.82, 2.24) is 15.1 Å². The number of hydrogen-bond donors (Lipinski definition) is 0. The molecule has 5 nitrogen and oxygen atoms in total. The minimum atomic E-state index is -0.295. The second kappa shape index (κ2) is 6.51. The van der Waals surface area contributed by atoms with Gasteiger partial charge in [0.1, 0.15) is 4.88 Å². The van der Waals surface area contributed by atoms with E-state index < -0.39 is 0 Å². The van der Waals surface area contributed by atoms with Gasteiger partial charge in [-0.1, -0.05) is 41.6 Å². The van der Waals surface area contributed by atoms with Crippen molar-refractivity contribution in [2.45, 2.75) is 17.4 Å². The van der Waals surface area contributed by atoms with E-state index in [9.17, 15) is 4.79 Å². The molecule has 8 heteroatoms. The molecule has 0 fully saturated rings. The summed E-state index contributed by atoms with van der Waals surface area (Å²) < 4.78 is 6.74. The lowest BCUT2D eigenvalue weighted by molar-refractivity contribution is -0.127. The molecule has 0 bridgehead atoms. The van der Waals surface area contributed by atoms with Gasteiger partial charge >= 0.3 is 0 Å². The van der Waals surface area contributed by atoms with E-state index in [0.29, 0.717) is 16.1 Å². The molecular formula is C15H14ClN3O2S2. The Kier molecular flexibility index (Phi) is 4.61. The van der Waals surface area contributed by atoms with Gasteiger partial charge in [-0.2, -0.15) is 0 Å². The third kappa shape index (κ3) is 3.22. The Bertz CT molecular complexity index is 859. The molecule has 0 saturated carbocycles. The second-order valence-electron chi connectivity index (χ2n) is 5.11. The van der Waals surface area contributed by atoms with E-state index in [0.717, 1.165) is 15.0 Å². The van der Waals surface area contributed by atoms with Crippen LogP contribution in [-0.4, -0.2) is 40.3 Å². The fourth-order valence-corrected chi connectivity index (χ4v) is 4.33. The Morgan fingerprint density at radius 3 is 2.78 bits per heavy atom. The van der Waals surface area contributed by atoms with Gasteiger partial charge in [0.25, 0.3) is 11.1 Å². The minimum absolute atomic E-state index is 0.00496. The highest BCUT2D eigenvalue weighted by atomic mass is 35.5. The number of rotatable bonds is 4. The zero-order valence-corrected chi connectivity index (χ0v) is 15.1. The molecule has 0 unspecified atom stereocenters. The molecule has 0 saturated heterocycles. The summed E-state index contributed by atoms with van der Waals surface area (Å²) in [5.74, 6) is 0.373. The maximum Gasteiger partial charge on any atom is 0.277 e. The topological polar surface area (TPSA) is 59.2 Å². The molecule has 2 aromatic heterocycles. The summed E-state index contributed by atoms with van der Waals surface area (Å²) in [7, 11) is 3.44. The average Bonchev–Trinajstić information content (AvgIpc) is 3.11. The van der Waals surface area contributed by atoms with E-state index in [2.05, 4.69) is 10.2 Å². The Morgan fingerprint density at radius 1 is 1.35 bits per heavy atom. The highest BCUT2D eigenvalue weighted by Gasteiger charge is 2.22. The summed E-state index contributed by atoms with van der Waals surface area (Å²) in [6, 6.07) is 7.86. The first kappa shape index (κ1) is 16.3. The molecule has 0 aliphatic carbocycles. The van der Waals surface area contributed by atoms with E-state index in [4.69, 9.17) is 16.0 Å². The smallest absolute Gasteiger partial charge is 0.277 e. The number of hydrogen-bond acceptors (Lipinski definition) is 6. The van der Waals surface area contributed by atoms with Crippen LogP contribution in [0.1, 0.15) is 6.92 Å². The van der Waals surface area contributed by atoms with E-state index in [-0.39, 0.29) is 11.2 Å². The van der Waals surface area contributed by atoms with Crippen molar-refractivity contribution >= 4 is 50.7 Å².